The van der Waals surface area contributed by atoms with Crippen molar-refractivity contribution in [2.75, 3.05) is 0 Å². The first-order valence-electron chi connectivity index (χ1n) is 6.41. The molecule has 0 aliphatic heterocycles. The number of aromatic amines is 1. The van der Waals surface area contributed by atoms with Crippen molar-refractivity contribution in [3.05, 3.63) is 41.6 Å². The van der Waals surface area contributed by atoms with E-state index in [-0.39, 0.29) is 10.8 Å². The van der Waals surface area contributed by atoms with Gasteiger partial charge in [0.1, 0.15) is 10.6 Å². The van der Waals surface area contributed by atoms with Gasteiger partial charge in [-0.15, -0.1) is 10.2 Å². The van der Waals surface area contributed by atoms with Gasteiger partial charge in [0.05, 0.1) is 0 Å². The summed E-state index contributed by atoms with van der Waals surface area (Å²) in [4.78, 5) is 2.99. The van der Waals surface area contributed by atoms with E-state index in [1.807, 2.05) is 30.3 Å². The standard InChI is InChI=1S/C14H12ClN3O3S/c1-8-11(16-9(2)12(8)22(15,19)20)14-18-17-13(21-14)10-6-4-3-5-7-10/h3-7,16H,1-2H3. The first kappa shape index (κ1) is 14.8. The number of nitrogens with zero attached hydrogens (tertiary/aromatic N) is 2. The summed E-state index contributed by atoms with van der Waals surface area (Å²) in [6, 6.07) is 9.30. The molecule has 8 heteroatoms. The molecular weight excluding hydrogens is 326 g/mol. The smallest absolute Gasteiger partial charge is 0.264 e. The van der Waals surface area contributed by atoms with Crippen LogP contribution < -0.4 is 0 Å². The summed E-state index contributed by atoms with van der Waals surface area (Å²) in [6.07, 6.45) is 0. The minimum Gasteiger partial charge on any atom is -0.415 e. The van der Waals surface area contributed by atoms with E-state index in [0.717, 1.165) is 5.56 Å². The fourth-order valence-corrected chi connectivity index (χ4v) is 3.91. The Morgan fingerprint density at radius 2 is 1.73 bits per heavy atom. The molecule has 0 aliphatic carbocycles. The molecule has 2 heterocycles. The maximum atomic E-state index is 11.6. The lowest BCUT2D eigenvalue weighted by molar-refractivity contribution is 0.582. The van der Waals surface area contributed by atoms with Crippen LogP contribution in [0.3, 0.4) is 0 Å². The fourth-order valence-electron chi connectivity index (χ4n) is 2.33. The molecule has 0 fully saturated rings. The van der Waals surface area contributed by atoms with Crippen LogP contribution in [-0.4, -0.2) is 23.6 Å². The van der Waals surface area contributed by atoms with E-state index >= 15 is 0 Å². The van der Waals surface area contributed by atoms with E-state index in [1.54, 1.807) is 13.8 Å². The summed E-state index contributed by atoms with van der Waals surface area (Å²) >= 11 is 0. The average Bonchev–Trinajstić information content (AvgIpc) is 3.03. The van der Waals surface area contributed by atoms with Gasteiger partial charge in [0.25, 0.3) is 14.9 Å². The number of aromatic nitrogens is 3. The van der Waals surface area contributed by atoms with Gasteiger partial charge in [-0.2, -0.15) is 0 Å². The second-order valence-corrected chi connectivity index (χ2v) is 7.30. The molecule has 0 atom stereocenters. The SMILES string of the molecule is Cc1[nH]c(-c2nnc(-c3ccccc3)o2)c(C)c1S(=O)(=O)Cl. The lowest BCUT2D eigenvalue weighted by atomic mass is 10.2. The molecule has 0 aliphatic rings. The summed E-state index contributed by atoms with van der Waals surface area (Å²) in [5, 5.41) is 7.96. The van der Waals surface area contributed by atoms with Gasteiger partial charge in [0.2, 0.25) is 5.89 Å². The minimum atomic E-state index is -3.85. The zero-order chi connectivity index (χ0) is 15.9. The molecule has 3 aromatic rings. The van der Waals surface area contributed by atoms with Gasteiger partial charge in [-0.3, -0.25) is 0 Å². The number of benzene rings is 1. The van der Waals surface area contributed by atoms with E-state index in [1.165, 1.54) is 0 Å². The van der Waals surface area contributed by atoms with Gasteiger partial charge in [-0.05, 0) is 31.5 Å². The molecule has 0 spiro atoms. The van der Waals surface area contributed by atoms with E-state index in [9.17, 15) is 8.42 Å². The van der Waals surface area contributed by atoms with E-state index in [0.29, 0.717) is 22.8 Å². The monoisotopic (exact) mass is 337 g/mol. The maximum absolute atomic E-state index is 11.6. The van der Waals surface area contributed by atoms with Crippen molar-refractivity contribution in [3.8, 4) is 23.0 Å². The van der Waals surface area contributed by atoms with E-state index in [4.69, 9.17) is 15.1 Å². The van der Waals surface area contributed by atoms with Gasteiger partial charge >= 0.3 is 0 Å². The van der Waals surface area contributed by atoms with Gasteiger partial charge in [0, 0.05) is 21.9 Å². The molecule has 0 bridgehead atoms. The van der Waals surface area contributed by atoms with Gasteiger partial charge < -0.3 is 9.40 Å². The van der Waals surface area contributed by atoms with Crippen LogP contribution in [0.2, 0.25) is 0 Å². The average molecular weight is 338 g/mol. The van der Waals surface area contributed by atoms with Crippen molar-refractivity contribution in [2.24, 2.45) is 0 Å². The zero-order valence-corrected chi connectivity index (χ0v) is 13.4. The van der Waals surface area contributed by atoms with E-state index < -0.39 is 9.05 Å². The summed E-state index contributed by atoms with van der Waals surface area (Å²) in [6.45, 7) is 3.26. The molecule has 1 N–H and O–H groups in total. The number of halogens is 1. The molecular formula is C14H12ClN3O3S. The van der Waals surface area contributed by atoms with Gasteiger partial charge in [-0.25, -0.2) is 8.42 Å². The molecule has 0 saturated heterocycles. The topological polar surface area (TPSA) is 88.8 Å². The van der Waals surface area contributed by atoms with Crippen LogP contribution in [0.4, 0.5) is 0 Å². The van der Waals surface area contributed by atoms with Crippen molar-refractivity contribution in [3.63, 3.8) is 0 Å². The highest BCUT2D eigenvalue weighted by Crippen LogP contribution is 2.32. The van der Waals surface area contributed by atoms with Crippen molar-refractivity contribution in [1.82, 2.24) is 15.2 Å². The summed E-state index contributed by atoms with van der Waals surface area (Å²) in [7, 11) is 1.61. The Kier molecular flexibility index (Phi) is 3.54. The van der Waals surface area contributed by atoms with Gasteiger partial charge in [-0.1, -0.05) is 18.2 Å². The molecule has 1 aromatic carbocycles. The van der Waals surface area contributed by atoms with Crippen LogP contribution in [0.15, 0.2) is 39.6 Å². The maximum Gasteiger partial charge on any atom is 0.264 e. The van der Waals surface area contributed by atoms with Crippen LogP contribution in [0, 0.1) is 13.8 Å². The lowest BCUT2D eigenvalue weighted by Gasteiger charge is -1.96. The number of rotatable bonds is 3. The number of hydrogen-bond donors (Lipinski definition) is 1. The van der Waals surface area contributed by atoms with Crippen molar-refractivity contribution >= 4 is 19.7 Å². The Morgan fingerprint density at radius 3 is 2.32 bits per heavy atom. The first-order chi connectivity index (χ1) is 10.4. The Balaban J connectivity index is 2.09. The second-order valence-electron chi connectivity index (χ2n) is 4.80. The highest BCUT2D eigenvalue weighted by atomic mass is 35.7. The Hall–Kier alpha value is -2.12. The number of aryl methyl sites for hydroxylation is 1. The third-order valence-electron chi connectivity index (χ3n) is 3.27. The molecule has 3 rings (SSSR count). The Bertz CT molecular complexity index is 930. The zero-order valence-electron chi connectivity index (χ0n) is 11.8. The largest absolute Gasteiger partial charge is 0.415 e. The predicted molar refractivity (Wildman–Crippen MR) is 82.0 cm³/mol. The van der Waals surface area contributed by atoms with E-state index in [2.05, 4.69) is 15.2 Å². The highest BCUT2D eigenvalue weighted by Gasteiger charge is 2.25. The van der Waals surface area contributed by atoms with Crippen LogP contribution in [0.1, 0.15) is 11.3 Å². The van der Waals surface area contributed by atoms with Crippen LogP contribution >= 0.6 is 10.7 Å². The normalized spacial score (nSPS) is 11.8. The Labute approximate surface area is 131 Å². The number of hydrogen-bond acceptors (Lipinski definition) is 5. The molecule has 6 nitrogen and oxygen atoms in total. The van der Waals surface area contributed by atoms with Gasteiger partial charge in [0.15, 0.2) is 0 Å². The minimum absolute atomic E-state index is 0.0450. The van der Waals surface area contributed by atoms with Crippen molar-refractivity contribution in [2.45, 2.75) is 18.7 Å². The molecule has 0 saturated carbocycles. The Morgan fingerprint density at radius 1 is 1.09 bits per heavy atom. The van der Waals surface area contributed by atoms with Crippen molar-refractivity contribution < 1.29 is 12.8 Å². The number of H-pyrrole nitrogens is 1. The summed E-state index contributed by atoms with van der Waals surface area (Å²) < 4.78 is 28.9. The molecule has 114 valence electrons. The third-order valence-corrected chi connectivity index (χ3v) is 4.84. The summed E-state index contributed by atoms with van der Waals surface area (Å²) in [5.41, 5.74) is 2.12. The predicted octanol–water partition coefficient (Wildman–Crippen LogP) is 3.28. The van der Waals surface area contributed by atoms with Crippen LogP contribution in [-0.2, 0) is 9.05 Å². The quantitative estimate of drug-likeness (QED) is 0.741. The highest BCUT2D eigenvalue weighted by molar-refractivity contribution is 8.13. The fraction of sp³-hybridized carbons (Fsp3) is 0.143. The molecule has 0 amide bonds. The number of nitrogens with one attached hydrogen (secondary N) is 1. The second kappa shape index (κ2) is 5.26. The first-order valence-corrected chi connectivity index (χ1v) is 8.72. The van der Waals surface area contributed by atoms with Crippen LogP contribution in [0.5, 0.6) is 0 Å². The van der Waals surface area contributed by atoms with Crippen molar-refractivity contribution in [1.29, 1.82) is 0 Å². The lowest BCUT2D eigenvalue weighted by Crippen LogP contribution is -1.93. The van der Waals surface area contributed by atoms with Crippen LogP contribution in [0.25, 0.3) is 23.0 Å². The third kappa shape index (κ3) is 2.53. The molecule has 2 aromatic heterocycles. The summed E-state index contributed by atoms with van der Waals surface area (Å²) in [5.74, 6) is 0.573. The molecule has 0 radical (unpaired) electrons. The molecule has 0 unspecified atom stereocenters. The molecule has 22 heavy (non-hydrogen) atoms.